The minimum atomic E-state index is 0.222. The van der Waals surface area contributed by atoms with Crippen molar-refractivity contribution in [2.45, 2.75) is 58.5 Å². The maximum atomic E-state index is 9.83. The molecule has 0 bridgehead atoms. The van der Waals surface area contributed by atoms with Crippen LogP contribution in [0.3, 0.4) is 0 Å². The fourth-order valence-corrected chi connectivity index (χ4v) is 3.03. The Morgan fingerprint density at radius 1 is 1.10 bits per heavy atom. The van der Waals surface area contributed by atoms with E-state index in [-0.39, 0.29) is 6.10 Å². The van der Waals surface area contributed by atoms with Gasteiger partial charge in [-0.2, -0.15) is 0 Å². The predicted molar refractivity (Wildman–Crippen MR) is 82.1 cm³/mol. The van der Waals surface area contributed by atoms with Crippen LogP contribution in [-0.2, 0) is 4.84 Å². The van der Waals surface area contributed by atoms with Crippen LogP contribution in [-0.4, -0.2) is 16.9 Å². The van der Waals surface area contributed by atoms with Crippen LogP contribution in [0, 0.1) is 5.92 Å². The summed E-state index contributed by atoms with van der Waals surface area (Å²) in [6.45, 7) is 4.00. The summed E-state index contributed by atoms with van der Waals surface area (Å²) < 4.78 is 0. The van der Waals surface area contributed by atoms with E-state index in [1.165, 1.54) is 32.1 Å². The molecule has 1 aromatic rings. The minimum Gasteiger partial charge on any atom is -0.507 e. The third-order valence-corrected chi connectivity index (χ3v) is 4.08. The average molecular weight is 275 g/mol. The van der Waals surface area contributed by atoms with Crippen LogP contribution in [0.25, 0.3) is 0 Å². The van der Waals surface area contributed by atoms with E-state index >= 15 is 0 Å². The van der Waals surface area contributed by atoms with Crippen molar-refractivity contribution >= 4 is 5.71 Å². The van der Waals surface area contributed by atoms with Gasteiger partial charge < -0.3 is 9.94 Å². The molecule has 3 nitrogen and oxygen atoms in total. The van der Waals surface area contributed by atoms with E-state index in [0.29, 0.717) is 11.7 Å². The molecule has 1 heterocycles. The Morgan fingerprint density at radius 2 is 1.80 bits per heavy atom. The average Bonchev–Trinajstić information content (AvgIpc) is 3.00. The van der Waals surface area contributed by atoms with Crippen molar-refractivity contribution < 1.29 is 9.94 Å². The normalized spacial score (nSPS) is 22.5. The predicted octanol–water partition coefficient (Wildman–Crippen LogP) is 4.49. The zero-order chi connectivity index (χ0) is 14.4. The largest absolute Gasteiger partial charge is 0.507 e. The van der Waals surface area contributed by atoms with Crippen LogP contribution in [0.1, 0.15) is 57.9 Å². The van der Waals surface area contributed by atoms with Crippen molar-refractivity contribution in [3.05, 3.63) is 29.8 Å². The molecule has 20 heavy (non-hydrogen) atoms. The number of phenolic OH excluding ortho intramolecular Hbond substituents is 1. The van der Waals surface area contributed by atoms with E-state index < -0.39 is 0 Å². The Bertz CT molecular complexity index is 450. The molecule has 1 N–H and O–H groups in total. The van der Waals surface area contributed by atoms with Crippen LogP contribution in [0.4, 0.5) is 0 Å². The van der Waals surface area contributed by atoms with Crippen LogP contribution < -0.4 is 0 Å². The number of hydrogen-bond donors (Lipinski definition) is 1. The Labute approximate surface area is 121 Å². The molecular weight excluding hydrogens is 250 g/mol. The van der Waals surface area contributed by atoms with Gasteiger partial charge >= 0.3 is 0 Å². The van der Waals surface area contributed by atoms with Crippen LogP contribution in [0.5, 0.6) is 5.75 Å². The summed E-state index contributed by atoms with van der Waals surface area (Å²) in [5, 5.41) is 14.0. The first-order chi connectivity index (χ1) is 9.84. The fraction of sp³-hybridized carbons (Fsp3) is 0.588. The minimum absolute atomic E-state index is 0.222. The first-order valence-electron chi connectivity index (χ1n) is 7.85. The highest BCUT2D eigenvalue weighted by Crippen LogP contribution is 2.33. The maximum Gasteiger partial charge on any atom is 0.136 e. The molecule has 1 unspecified atom stereocenters. The summed E-state index contributed by atoms with van der Waals surface area (Å²) in [6.07, 6.45) is 7.56. The topological polar surface area (TPSA) is 41.8 Å². The van der Waals surface area contributed by atoms with Gasteiger partial charge in [0, 0.05) is 12.0 Å². The monoisotopic (exact) mass is 275 g/mol. The number of aromatic hydroxyl groups is 1. The highest BCUT2D eigenvalue weighted by molar-refractivity contribution is 6.03. The zero-order valence-corrected chi connectivity index (χ0v) is 12.5. The SMILES string of the molecule is CC.Oc1ccccc1C1=NOC(C2CCCCC2)C1. The lowest BCUT2D eigenvalue weighted by atomic mass is 9.83. The first-order valence-corrected chi connectivity index (χ1v) is 7.85. The highest BCUT2D eigenvalue weighted by atomic mass is 16.6. The first kappa shape index (κ1) is 14.9. The summed E-state index contributed by atoms with van der Waals surface area (Å²) in [6, 6.07) is 7.35. The van der Waals surface area contributed by atoms with Gasteiger partial charge in [-0.15, -0.1) is 0 Å². The number of nitrogens with zero attached hydrogens (tertiary/aromatic N) is 1. The van der Waals surface area contributed by atoms with Gasteiger partial charge in [0.1, 0.15) is 11.9 Å². The van der Waals surface area contributed by atoms with Crippen LogP contribution in [0.2, 0.25) is 0 Å². The number of para-hydroxylation sites is 1. The van der Waals surface area contributed by atoms with E-state index in [0.717, 1.165) is 17.7 Å². The van der Waals surface area contributed by atoms with E-state index in [2.05, 4.69) is 5.16 Å². The van der Waals surface area contributed by atoms with Crippen molar-refractivity contribution in [1.82, 2.24) is 0 Å². The molecule has 0 spiro atoms. The van der Waals surface area contributed by atoms with Gasteiger partial charge in [0.25, 0.3) is 0 Å². The molecule has 0 radical (unpaired) electrons. The van der Waals surface area contributed by atoms with E-state index in [9.17, 15) is 5.11 Å². The van der Waals surface area contributed by atoms with Crippen LogP contribution >= 0.6 is 0 Å². The second-order valence-electron chi connectivity index (χ2n) is 5.30. The van der Waals surface area contributed by atoms with Gasteiger partial charge in [-0.05, 0) is 30.9 Å². The second-order valence-corrected chi connectivity index (χ2v) is 5.30. The maximum absolute atomic E-state index is 9.83. The molecule has 1 saturated carbocycles. The van der Waals surface area contributed by atoms with Gasteiger partial charge in [-0.3, -0.25) is 0 Å². The summed E-state index contributed by atoms with van der Waals surface area (Å²) in [4.78, 5) is 5.59. The molecule has 0 aromatic heterocycles. The molecule has 3 heteroatoms. The number of rotatable bonds is 2. The van der Waals surface area contributed by atoms with E-state index in [1.807, 2.05) is 32.0 Å². The van der Waals surface area contributed by atoms with Crippen LogP contribution in [0.15, 0.2) is 29.4 Å². The second kappa shape index (κ2) is 7.32. The van der Waals surface area contributed by atoms with Crippen molar-refractivity contribution in [2.75, 3.05) is 0 Å². The molecule has 110 valence electrons. The van der Waals surface area contributed by atoms with Gasteiger partial charge in [-0.25, -0.2) is 0 Å². The quantitative estimate of drug-likeness (QED) is 0.864. The van der Waals surface area contributed by atoms with Crippen molar-refractivity contribution in [3.8, 4) is 5.75 Å². The van der Waals surface area contributed by atoms with Gasteiger partial charge in [0.2, 0.25) is 0 Å². The Hall–Kier alpha value is -1.51. The summed E-state index contributed by atoms with van der Waals surface area (Å²) in [5.74, 6) is 0.940. The number of phenols is 1. The van der Waals surface area contributed by atoms with Gasteiger partial charge in [-0.1, -0.05) is 50.4 Å². The molecular formula is C17H25NO2. The number of hydrogen-bond acceptors (Lipinski definition) is 3. The molecule has 1 aromatic carbocycles. The highest BCUT2D eigenvalue weighted by Gasteiger charge is 2.31. The van der Waals surface area contributed by atoms with Crippen molar-refractivity contribution in [3.63, 3.8) is 0 Å². The third-order valence-electron chi connectivity index (χ3n) is 4.08. The number of benzene rings is 1. The zero-order valence-electron chi connectivity index (χ0n) is 12.5. The molecule has 1 fully saturated rings. The lowest BCUT2D eigenvalue weighted by Gasteiger charge is -2.25. The Balaban J connectivity index is 0.000000704. The molecule has 1 aliphatic heterocycles. The van der Waals surface area contributed by atoms with Gasteiger partial charge in [0.15, 0.2) is 0 Å². The molecule has 3 rings (SSSR count). The van der Waals surface area contributed by atoms with Gasteiger partial charge in [0.05, 0.1) is 5.71 Å². The molecule has 1 aliphatic carbocycles. The standard InChI is InChI=1S/C15H19NO2.C2H6/c17-14-9-5-4-8-12(14)13-10-15(18-16-13)11-6-2-1-3-7-11;1-2/h4-5,8-9,11,15,17H,1-3,6-7,10H2;1-2H3. The Kier molecular flexibility index (Phi) is 5.45. The lowest BCUT2D eigenvalue weighted by molar-refractivity contribution is 0.0268. The summed E-state index contributed by atoms with van der Waals surface area (Å²) in [5.41, 5.74) is 1.71. The lowest BCUT2D eigenvalue weighted by Crippen LogP contribution is -2.23. The number of oxime groups is 1. The van der Waals surface area contributed by atoms with Crippen molar-refractivity contribution in [2.24, 2.45) is 11.1 Å². The van der Waals surface area contributed by atoms with E-state index in [1.54, 1.807) is 6.07 Å². The van der Waals surface area contributed by atoms with Crippen molar-refractivity contribution in [1.29, 1.82) is 0 Å². The molecule has 0 saturated heterocycles. The molecule has 1 atom stereocenters. The smallest absolute Gasteiger partial charge is 0.136 e. The molecule has 2 aliphatic rings. The summed E-state index contributed by atoms with van der Waals surface area (Å²) in [7, 11) is 0. The summed E-state index contributed by atoms with van der Waals surface area (Å²) >= 11 is 0. The third kappa shape index (κ3) is 3.33. The van der Waals surface area contributed by atoms with E-state index in [4.69, 9.17) is 4.84 Å². The molecule has 0 amide bonds. The Morgan fingerprint density at radius 3 is 2.50 bits per heavy atom. The fourth-order valence-electron chi connectivity index (χ4n) is 3.03.